The molecule has 1 amide bonds. The zero-order valence-corrected chi connectivity index (χ0v) is 30.8. The number of phenolic OH excluding ortho intramolecular Hbond substituents is 1. The lowest BCUT2D eigenvalue weighted by Crippen LogP contribution is -2.38. The predicted molar refractivity (Wildman–Crippen MR) is 196 cm³/mol. The van der Waals surface area contributed by atoms with Crippen molar-refractivity contribution in [2.45, 2.75) is 91.8 Å². The lowest BCUT2D eigenvalue weighted by atomic mass is 9.82. The van der Waals surface area contributed by atoms with E-state index in [1.165, 1.54) is 71.1 Å². The number of rotatable bonds is 0. The van der Waals surface area contributed by atoms with E-state index in [0.717, 1.165) is 6.08 Å². The molecule has 8 N–H and O–H groups in total. The maximum absolute atomic E-state index is 13.8. The van der Waals surface area contributed by atoms with Gasteiger partial charge in [-0.1, -0.05) is 63.3 Å². The second-order valence-corrected chi connectivity index (χ2v) is 13.9. The van der Waals surface area contributed by atoms with Gasteiger partial charge in [0.2, 0.25) is 5.78 Å². The number of hydrogen-bond acceptors (Lipinski definition) is 12. The fourth-order valence-electron chi connectivity index (χ4n) is 5.98. The number of aryl methyl sites for hydroxylation is 1. The highest BCUT2D eigenvalue weighted by Crippen LogP contribution is 2.38. The minimum Gasteiger partial charge on any atom is -0.507 e. The molecule has 0 radical (unpaired) electrons. The van der Waals surface area contributed by atoms with Gasteiger partial charge in [-0.2, -0.15) is 0 Å². The maximum atomic E-state index is 13.8. The molecule has 0 aromatic heterocycles. The van der Waals surface area contributed by atoms with Gasteiger partial charge in [-0.25, -0.2) is 0 Å². The van der Waals surface area contributed by atoms with Crippen LogP contribution in [0.2, 0.25) is 0 Å². The van der Waals surface area contributed by atoms with Crippen molar-refractivity contribution in [2.24, 2.45) is 17.8 Å². The molecular formula is C40H49NO12. The van der Waals surface area contributed by atoms with E-state index in [1.54, 1.807) is 19.9 Å². The Morgan fingerprint density at radius 1 is 0.717 bits per heavy atom. The molecule has 0 unspecified atom stereocenters. The molecule has 3 aliphatic rings. The maximum Gasteiger partial charge on any atom is 0.253 e. The number of amides is 1. The number of fused-ring (bicyclic) bond motifs is 19. The second-order valence-electron chi connectivity index (χ2n) is 13.9. The number of ketones is 4. The zero-order chi connectivity index (χ0) is 40.1. The standard InChI is InChI=1S/C40H49NO12/c1-18-11-13-25(42)14-12-19(2)33(46)21(4)15-22(5)34(47)31-30-26(16-23(6)35(31)48)37(50)32(39(52)38(30)51)41-40(53)20(3)9-8-10-27(43)36(49)24(7)29(45)17-28(18)44/h8-12,14-16,19,21,24-25,27,29,33,36,42-43,45-46,48-50H,13,17H2,1-7H3,(H,41,53)/b10-8-,14-12+,18-11+,20-9-,22-15+/t19-,21+,24-,25-,27+,29+,33+,36-/m1/s1. The van der Waals surface area contributed by atoms with Crippen LogP contribution < -0.4 is 5.32 Å². The molecule has 1 aliphatic carbocycles. The highest BCUT2D eigenvalue weighted by Gasteiger charge is 2.39. The molecule has 53 heavy (non-hydrogen) atoms. The van der Waals surface area contributed by atoms with Crippen molar-refractivity contribution in [1.82, 2.24) is 5.32 Å². The van der Waals surface area contributed by atoms with Crippen LogP contribution in [0.5, 0.6) is 5.75 Å². The number of carbonyl (C=O) groups excluding carboxylic acids is 5. The first kappa shape index (κ1) is 42.6. The van der Waals surface area contributed by atoms with Crippen molar-refractivity contribution >= 4 is 34.8 Å². The summed E-state index contributed by atoms with van der Waals surface area (Å²) in [4.78, 5) is 66.3. The molecule has 1 aromatic rings. The Kier molecular flexibility index (Phi) is 14.3. The Bertz CT molecular complexity index is 1840. The Morgan fingerprint density at radius 3 is 2.00 bits per heavy atom. The number of benzene rings is 1. The average molecular weight is 736 g/mol. The van der Waals surface area contributed by atoms with E-state index < -0.39 is 106 Å². The van der Waals surface area contributed by atoms with Crippen LogP contribution in [0.3, 0.4) is 0 Å². The van der Waals surface area contributed by atoms with Crippen molar-refractivity contribution < 1.29 is 59.7 Å². The van der Waals surface area contributed by atoms with Gasteiger partial charge in [-0.3, -0.25) is 24.0 Å². The number of hydrogen-bond donors (Lipinski definition) is 8. The number of phenols is 1. The van der Waals surface area contributed by atoms with E-state index in [0.29, 0.717) is 0 Å². The van der Waals surface area contributed by atoms with Crippen LogP contribution >= 0.6 is 0 Å². The molecule has 2 aliphatic heterocycles. The van der Waals surface area contributed by atoms with Gasteiger partial charge in [-0.15, -0.1) is 0 Å². The number of Topliss-reactive ketones (excluding diaryl/α,β-unsaturated/α-hetero) is 4. The quantitative estimate of drug-likeness (QED) is 0.142. The van der Waals surface area contributed by atoms with Crippen molar-refractivity contribution in [3.63, 3.8) is 0 Å². The largest absolute Gasteiger partial charge is 0.507 e. The highest BCUT2D eigenvalue weighted by molar-refractivity contribution is 6.53. The van der Waals surface area contributed by atoms with Crippen LogP contribution in [0.25, 0.3) is 5.76 Å². The molecule has 0 saturated carbocycles. The Morgan fingerprint density at radius 2 is 1.36 bits per heavy atom. The van der Waals surface area contributed by atoms with Gasteiger partial charge < -0.3 is 41.1 Å². The third-order valence-corrected chi connectivity index (χ3v) is 9.70. The summed E-state index contributed by atoms with van der Waals surface area (Å²) < 4.78 is 0. The molecule has 8 atom stereocenters. The van der Waals surface area contributed by atoms with E-state index in [4.69, 9.17) is 0 Å². The summed E-state index contributed by atoms with van der Waals surface area (Å²) in [5.74, 6) is -8.40. The number of aromatic hydroxyl groups is 1. The van der Waals surface area contributed by atoms with Crippen LogP contribution in [-0.2, 0) is 14.4 Å². The summed E-state index contributed by atoms with van der Waals surface area (Å²) in [6.07, 6.45) is 2.73. The number of nitrogens with one attached hydrogen (secondary N) is 1. The van der Waals surface area contributed by atoms with Crippen molar-refractivity contribution in [1.29, 1.82) is 0 Å². The van der Waals surface area contributed by atoms with Gasteiger partial charge in [0.05, 0.1) is 41.6 Å². The summed E-state index contributed by atoms with van der Waals surface area (Å²) >= 11 is 0. The second kappa shape index (κ2) is 17.8. The van der Waals surface area contributed by atoms with Gasteiger partial charge in [0.1, 0.15) is 11.4 Å². The van der Waals surface area contributed by atoms with Crippen molar-refractivity contribution in [2.75, 3.05) is 0 Å². The third kappa shape index (κ3) is 9.80. The number of allylic oxidation sites excluding steroid dienone is 5. The fourth-order valence-corrected chi connectivity index (χ4v) is 5.98. The summed E-state index contributed by atoms with van der Waals surface area (Å²) in [5.41, 5.74) is -1.81. The van der Waals surface area contributed by atoms with Gasteiger partial charge in [-0.05, 0) is 56.9 Å². The Balaban J connectivity index is 2.12. The Hall–Kier alpha value is -4.79. The van der Waals surface area contributed by atoms with E-state index in [1.807, 2.05) is 0 Å². The topological polar surface area (TPSA) is 239 Å². The molecule has 0 saturated heterocycles. The number of aliphatic hydroxyl groups is 6. The normalized spacial score (nSPS) is 33.4. The molecule has 0 spiro atoms. The first-order valence-corrected chi connectivity index (χ1v) is 17.3. The molecule has 286 valence electrons. The van der Waals surface area contributed by atoms with E-state index in [-0.39, 0.29) is 40.7 Å². The van der Waals surface area contributed by atoms with Crippen LogP contribution in [0, 0.1) is 24.7 Å². The lowest BCUT2D eigenvalue weighted by molar-refractivity contribution is -0.119. The molecule has 13 nitrogen and oxygen atoms in total. The number of carbonyl (C=O) groups is 5. The summed E-state index contributed by atoms with van der Waals surface area (Å²) in [5, 5.41) is 77.7. The van der Waals surface area contributed by atoms with Gasteiger partial charge in [0.25, 0.3) is 11.7 Å². The predicted octanol–water partition coefficient (Wildman–Crippen LogP) is 3.02. The van der Waals surface area contributed by atoms with Crippen molar-refractivity contribution in [3.8, 4) is 5.75 Å². The molecule has 4 rings (SSSR count). The van der Waals surface area contributed by atoms with Crippen LogP contribution in [0.15, 0.2) is 71.0 Å². The summed E-state index contributed by atoms with van der Waals surface area (Å²) in [6.45, 7) is 10.4. The zero-order valence-electron chi connectivity index (χ0n) is 30.8. The minimum atomic E-state index is -1.53. The third-order valence-electron chi connectivity index (χ3n) is 9.70. The lowest BCUT2D eigenvalue weighted by Gasteiger charge is -2.26. The molecular weight excluding hydrogens is 686 g/mol. The van der Waals surface area contributed by atoms with E-state index in [9.17, 15) is 59.7 Å². The van der Waals surface area contributed by atoms with Crippen LogP contribution in [0.4, 0.5) is 0 Å². The Labute approximate surface area is 308 Å². The molecule has 0 fully saturated rings. The van der Waals surface area contributed by atoms with Crippen LogP contribution in [0.1, 0.15) is 86.2 Å². The molecule has 2 heterocycles. The fraction of sp³-hybridized carbons (Fsp3) is 0.425. The first-order valence-electron chi connectivity index (χ1n) is 17.3. The molecule has 13 heteroatoms. The minimum absolute atomic E-state index is 0.0129. The molecule has 1 aromatic carbocycles. The van der Waals surface area contributed by atoms with E-state index >= 15 is 0 Å². The van der Waals surface area contributed by atoms with Crippen LogP contribution in [-0.4, -0.2) is 95.3 Å². The van der Waals surface area contributed by atoms with Gasteiger partial charge in [0.15, 0.2) is 17.3 Å². The smallest absolute Gasteiger partial charge is 0.253 e. The molecule has 4 bridgehead atoms. The average Bonchev–Trinajstić information content (AvgIpc) is 3.12. The summed E-state index contributed by atoms with van der Waals surface area (Å²) in [7, 11) is 0. The highest BCUT2D eigenvalue weighted by atomic mass is 16.3. The van der Waals surface area contributed by atoms with E-state index in [2.05, 4.69) is 5.32 Å². The first-order chi connectivity index (χ1) is 24.7. The number of aliphatic hydroxyl groups excluding tert-OH is 6. The van der Waals surface area contributed by atoms with Crippen molar-refractivity contribution in [3.05, 3.63) is 93.3 Å². The van der Waals surface area contributed by atoms with Gasteiger partial charge >= 0.3 is 0 Å². The summed E-state index contributed by atoms with van der Waals surface area (Å²) in [6, 6.07) is 1.20. The SMILES string of the molecule is C/C1=C/C=C\[C@H](O)[C@H](O)[C@H](C)[C@@H](O)CC(=O)/C(C)=C/C[C@@H](O)/C=C/[C@@H](C)[C@H](O)[C@@H](C)/C=C(\C)C(=O)c2c(O)c(C)cc3c2C(=O)C(=O)C(=C3O)NC1=O. The van der Waals surface area contributed by atoms with Gasteiger partial charge in [0, 0.05) is 35.3 Å². The monoisotopic (exact) mass is 735 g/mol.